The predicted octanol–water partition coefficient (Wildman–Crippen LogP) is 19.7. The van der Waals surface area contributed by atoms with E-state index >= 15 is 0 Å². The Bertz CT molecular complexity index is 1130. The van der Waals surface area contributed by atoms with E-state index in [0.29, 0.717) is 19.3 Å². The molecule has 6 heteroatoms. The highest BCUT2D eigenvalue weighted by molar-refractivity contribution is 5.71. The molecule has 0 aliphatic heterocycles. The van der Waals surface area contributed by atoms with Crippen molar-refractivity contribution in [3.8, 4) is 0 Å². The minimum atomic E-state index is -0.779. The summed E-state index contributed by atoms with van der Waals surface area (Å²) in [4.78, 5) is 38.0. The monoisotopic (exact) mass is 941 g/mol. The van der Waals surface area contributed by atoms with E-state index in [9.17, 15) is 14.4 Å². The van der Waals surface area contributed by atoms with Gasteiger partial charge in [-0.25, -0.2) is 0 Å². The second-order valence-corrected chi connectivity index (χ2v) is 19.9. The van der Waals surface area contributed by atoms with Crippen LogP contribution in [0, 0.1) is 0 Å². The lowest BCUT2D eigenvalue weighted by molar-refractivity contribution is -0.167. The van der Waals surface area contributed by atoms with Crippen LogP contribution in [0.5, 0.6) is 0 Å². The molecule has 0 aromatic carbocycles. The largest absolute Gasteiger partial charge is 0.462 e. The van der Waals surface area contributed by atoms with E-state index in [2.05, 4.69) is 57.2 Å². The van der Waals surface area contributed by atoms with E-state index in [4.69, 9.17) is 14.2 Å². The molecule has 0 bridgehead atoms. The van der Waals surface area contributed by atoms with Crippen molar-refractivity contribution in [2.75, 3.05) is 13.2 Å². The molecule has 0 spiro atoms. The van der Waals surface area contributed by atoms with Crippen LogP contribution in [0.2, 0.25) is 0 Å². The Morgan fingerprint density at radius 1 is 0.299 bits per heavy atom. The third-order valence-corrected chi connectivity index (χ3v) is 13.1. The third-order valence-electron chi connectivity index (χ3n) is 13.1. The second kappa shape index (κ2) is 56.2. The van der Waals surface area contributed by atoms with Gasteiger partial charge in [-0.15, -0.1) is 0 Å². The number of rotatable bonds is 54. The van der Waals surface area contributed by atoms with Crippen LogP contribution in [0.3, 0.4) is 0 Å². The van der Waals surface area contributed by atoms with Crippen LogP contribution in [0.15, 0.2) is 36.5 Å². The van der Waals surface area contributed by atoms with Gasteiger partial charge in [-0.1, -0.05) is 269 Å². The van der Waals surface area contributed by atoms with Crippen molar-refractivity contribution in [2.45, 2.75) is 322 Å². The van der Waals surface area contributed by atoms with Gasteiger partial charge in [0, 0.05) is 19.3 Å². The summed E-state index contributed by atoms with van der Waals surface area (Å²) in [6, 6.07) is 0. The quantitative estimate of drug-likeness (QED) is 0.0262. The SMILES string of the molecule is CCC/C=C\C/C=C\CCCCCCCC(=O)OC(COC(=O)CCCCCCC/C=C\CCC)COC(=O)CCCCCCCCCCCCCCCCCCCCCCCCCCCC. The van der Waals surface area contributed by atoms with Crippen molar-refractivity contribution >= 4 is 17.9 Å². The fourth-order valence-electron chi connectivity index (χ4n) is 8.66. The lowest BCUT2D eigenvalue weighted by atomic mass is 10.0. The molecule has 0 aromatic rings. The molecule has 6 nitrogen and oxygen atoms in total. The number of esters is 3. The van der Waals surface area contributed by atoms with Gasteiger partial charge in [0.05, 0.1) is 0 Å². The first kappa shape index (κ1) is 64.6. The Morgan fingerprint density at radius 3 is 0.910 bits per heavy atom. The molecule has 0 radical (unpaired) electrons. The molecule has 0 saturated heterocycles. The van der Waals surface area contributed by atoms with Crippen LogP contribution in [0.4, 0.5) is 0 Å². The van der Waals surface area contributed by atoms with Crippen molar-refractivity contribution in [1.29, 1.82) is 0 Å². The van der Waals surface area contributed by atoms with E-state index in [0.717, 1.165) is 103 Å². The van der Waals surface area contributed by atoms with Gasteiger partial charge in [0.2, 0.25) is 0 Å². The number of hydrogen-bond acceptors (Lipinski definition) is 6. The van der Waals surface area contributed by atoms with Crippen LogP contribution >= 0.6 is 0 Å². The third kappa shape index (κ3) is 54.4. The average molecular weight is 942 g/mol. The second-order valence-electron chi connectivity index (χ2n) is 19.9. The standard InChI is InChI=1S/C61H112O6/c1-4-7-10-13-16-19-22-24-25-26-27-28-29-30-31-32-33-34-35-36-38-39-42-45-48-51-54-60(63)66-57-58(56-65-59(62)53-50-47-44-41-21-18-15-12-9-6-3)67-61(64)55-52-49-46-43-40-37-23-20-17-14-11-8-5-2/h11-12,14-15,20,23,58H,4-10,13,16-19,21-22,24-57H2,1-3H3/b14-11-,15-12-,23-20-. The van der Waals surface area contributed by atoms with Gasteiger partial charge in [0.25, 0.3) is 0 Å². The first-order valence-electron chi connectivity index (χ1n) is 29.5. The molecule has 0 aliphatic rings. The van der Waals surface area contributed by atoms with Crippen LogP contribution < -0.4 is 0 Å². The van der Waals surface area contributed by atoms with E-state index in [1.165, 1.54) is 173 Å². The molecule has 1 unspecified atom stereocenters. The topological polar surface area (TPSA) is 78.9 Å². The van der Waals surface area contributed by atoms with E-state index in [1.807, 2.05) is 0 Å². The first-order chi connectivity index (χ1) is 33.0. The Morgan fingerprint density at radius 2 is 0.567 bits per heavy atom. The Labute approximate surface area is 416 Å². The van der Waals surface area contributed by atoms with Gasteiger partial charge in [-0.2, -0.15) is 0 Å². The van der Waals surface area contributed by atoms with Crippen molar-refractivity contribution in [3.05, 3.63) is 36.5 Å². The highest BCUT2D eigenvalue weighted by Gasteiger charge is 2.19. The maximum Gasteiger partial charge on any atom is 0.306 e. The number of unbranched alkanes of at least 4 members (excludes halogenated alkanes) is 37. The fraction of sp³-hybridized carbons (Fsp3) is 0.852. The van der Waals surface area contributed by atoms with Gasteiger partial charge in [-0.05, 0) is 64.2 Å². The van der Waals surface area contributed by atoms with Crippen molar-refractivity contribution in [3.63, 3.8) is 0 Å². The molecular weight excluding hydrogens is 829 g/mol. The summed E-state index contributed by atoms with van der Waals surface area (Å²) in [5.41, 5.74) is 0. The summed E-state index contributed by atoms with van der Waals surface area (Å²) in [6.07, 6.45) is 67.4. The normalized spacial score (nSPS) is 12.2. The summed E-state index contributed by atoms with van der Waals surface area (Å²) in [6.45, 7) is 6.53. The molecule has 0 heterocycles. The minimum absolute atomic E-state index is 0.0774. The van der Waals surface area contributed by atoms with Gasteiger partial charge in [0.15, 0.2) is 6.10 Å². The van der Waals surface area contributed by atoms with E-state index in [1.54, 1.807) is 0 Å². The van der Waals surface area contributed by atoms with Gasteiger partial charge < -0.3 is 14.2 Å². The van der Waals surface area contributed by atoms with Crippen molar-refractivity contribution in [1.82, 2.24) is 0 Å². The molecule has 0 aliphatic carbocycles. The summed E-state index contributed by atoms with van der Waals surface area (Å²) < 4.78 is 16.8. The zero-order valence-corrected chi connectivity index (χ0v) is 44.9. The predicted molar refractivity (Wildman–Crippen MR) is 289 cm³/mol. The molecule has 0 saturated carbocycles. The zero-order chi connectivity index (χ0) is 48.6. The molecule has 0 rings (SSSR count). The van der Waals surface area contributed by atoms with E-state index < -0.39 is 6.10 Å². The van der Waals surface area contributed by atoms with Gasteiger partial charge in [-0.3, -0.25) is 14.4 Å². The van der Waals surface area contributed by atoms with Crippen molar-refractivity contribution < 1.29 is 28.6 Å². The van der Waals surface area contributed by atoms with Gasteiger partial charge in [0.1, 0.15) is 13.2 Å². The molecule has 0 fully saturated rings. The maximum atomic E-state index is 12.8. The van der Waals surface area contributed by atoms with E-state index in [-0.39, 0.29) is 31.1 Å². The number of carbonyl (C=O) groups excluding carboxylic acids is 3. The fourth-order valence-corrected chi connectivity index (χ4v) is 8.66. The first-order valence-corrected chi connectivity index (χ1v) is 29.5. The average Bonchev–Trinajstić information content (AvgIpc) is 3.33. The van der Waals surface area contributed by atoms with Crippen molar-refractivity contribution in [2.24, 2.45) is 0 Å². The molecule has 0 amide bonds. The molecule has 67 heavy (non-hydrogen) atoms. The van der Waals surface area contributed by atoms with Crippen LogP contribution in [0.1, 0.15) is 316 Å². The zero-order valence-electron chi connectivity index (χ0n) is 44.9. The lowest BCUT2D eigenvalue weighted by Gasteiger charge is -2.18. The van der Waals surface area contributed by atoms with Crippen LogP contribution in [0.25, 0.3) is 0 Å². The van der Waals surface area contributed by atoms with Gasteiger partial charge >= 0.3 is 17.9 Å². The highest BCUT2D eigenvalue weighted by Crippen LogP contribution is 2.17. The Balaban J connectivity index is 4.13. The summed E-state index contributed by atoms with van der Waals surface area (Å²) in [5.74, 6) is -0.889. The number of ether oxygens (including phenoxy) is 3. The molecule has 392 valence electrons. The Kier molecular flexibility index (Phi) is 54.2. The number of hydrogen-bond donors (Lipinski definition) is 0. The Hall–Kier alpha value is -2.37. The molecule has 1 atom stereocenters. The van der Waals surface area contributed by atoms with Crippen LogP contribution in [-0.4, -0.2) is 37.2 Å². The minimum Gasteiger partial charge on any atom is -0.462 e. The van der Waals surface area contributed by atoms with Crippen LogP contribution in [-0.2, 0) is 28.6 Å². The lowest BCUT2D eigenvalue weighted by Crippen LogP contribution is -2.30. The molecule has 0 aromatic heterocycles. The summed E-state index contributed by atoms with van der Waals surface area (Å²) in [7, 11) is 0. The number of carbonyl (C=O) groups is 3. The molecule has 0 N–H and O–H groups in total. The highest BCUT2D eigenvalue weighted by atomic mass is 16.6. The number of allylic oxidation sites excluding steroid dienone is 6. The maximum absolute atomic E-state index is 12.8. The summed E-state index contributed by atoms with van der Waals surface area (Å²) >= 11 is 0. The molecular formula is C61H112O6. The smallest absolute Gasteiger partial charge is 0.306 e. The summed E-state index contributed by atoms with van der Waals surface area (Å²) in [5, 5.41) is 0.